The summed E-state index contributed by atoms with van der Waals surface area (Å²) >= 11 is 6.29. The molecule has 2 fully saturated rings. The summed E-state index contributed by atoms with van der Waals surface area (Å²) in [5.74, 6) is 0.543. The number of likely N-dealkylation sites (tertiary alicyclic amines) is 1. The molecule has 2 aromatic rings. The number of fused-ring (bicyclic) bond motifs is 2. The van der Waals surface area contributed by atoms with Crippen molar-refractivity contribution in [3.8, 4) is 0 Å². The summed E-state index contributed by atoms with van der Waals surface area (Å²) in [5, 5.41) is 0.455. The Morgan fingerprint density at radius 1 is 1.14 bits per heavy atom. The normalized spacial score (nSPS) is 21.1. The number of hydrogen-bond acceptors (Lipinski definition) is 2. The first-order chi connectivity index (χ1) is 13.6. The predicted molar refractivity (Wildman–Crippen MR) is 110 cm³/mol. The van der Waals surface area contributed by atoms with Gasteiger partial charge in [0.2, 0.25) is 0 Å². The Bertz CT molecular complexity index is 919. The lowest BCUT2D eigenvalue weighted by Crippen LogP contribution is -2.46. The lowest BCUT2D eigenvalue weighted by Gasteiger charge is -2.40. The lowest BCUT2D eigenvalue weighted by atomic mass is 9.74. The van der Waals surface area contributed by atoms with E-state index in [-0.39, 0.29) is 17.1 Å². The molecule has 28 heavy (non-hydrogen) atoms. The molecular formula is C23H24ClFN2O. The van der Waals surface area contributed by atoms with Gasteiger partial charge < -0.3 is 9.80 Å². The fourth-order valence-corrected chi connectivity index (χ4v) is 5.08. The SMILES string of the molecule is O=C(c1ccccc1Cl)N1CC2(CCN(CC3CC3)CC2)c2cc(F)ccc21. The highest BCUT2D eigenvalue weighted by Gasteiger charge is 2.47. The van der Waals surface area contributed by atoms with Gasteiger partial charge in [0.05, 0.1) is 10.6 Å². The first-order valence-electron chi connectivity index (χ1n) is 10.1. The Morgan fingerprint density at radius 2 is 1.89 bits per heavy atom. The highest BCUT2D eigenvalue weighted by atomic mass is 35.5. The number of piperidine rings is 1. The molecule has 0 bridgehead atoms. The molecule has 2 aromatic carbocycles. The molecule has 1 saturated carbocycles. The van der Waals surface area contributed by atoms with Crippen molar-refractivity contribution in [2.45, 2.75) is 31.1 Å². The van der Waals surface area contributed by atoms with E-state index in [1.54, 1.807) is 24.3 Å². The Labute approximate surface area is 170 Å². The van der Waals surface area contributed by atoms with Gasteiger partial charge in [0, 0.05) is 24.2 Å². The third-order valence-electron chi connectivity index (χ3n) is 6.66. The molecule has 0 unspecified atom stereocenters. The Morgan fingerprint density at radius 3 is 2.61 bits per heavy atom. The molecule has 2 aliphatic heterocycles. The fraction of sp³-hybridized carbons (Fsp3) is 0.435. The molecule has 1 saturated heterocycles. The first-order valence-corrected chi connectivity index (χ1v) is 10.5. The van der Waals surface area contributed by atoms with Crippen LogP contribution >= 0.6 is 11.6 Å². The zero-order valence-electron chi connectivity index (χ0n) is 15.8. The van der Waals surface area contributed by atoms with Crippen molar-refractivity contribution in [3.05, 3.63) is 64.4 Å². The minimum absolute atomic E-state index is 0.101. The predicted octanol–water partition coefficient (Wildman–Crippen LogP) is 4.88. The number of benzene rings is 2. The highest BCUT2D eigenvalue weighted by Crippen LogP contribution is 2.48. The summed E-state index contributed by atoms with van der Waals surface area (Å²) in [7, 11) is 0. The quantitative estimate of drug-likeness (QED) is 0.735. The lowest BCUT2D eigenvalue weighted by molar-refractivity contribution is 0.0976. The molecule has 146 valence electrons. The average molecular weight is 399 g/mol. The fourth-order valence-electron chi connectivity index (χ4n) is 4.86. The molecule has 0 radical (unpaired) electrons. The molecule has 1 spiro atoms. The van der Waals surface area contributed by atoms with Crippen molar-refractivity contribution in [1.82, 2.24) is 4.90 Å². The first kappa shape index (κ1) is 18.1. The van der Waals surface area contributed by atoms with E-state index < -0.39 is 0 Å². The van der Waals surface area contributed by atoms with E-state index >= 15 is 0 Å². The zero-order chi connectivity index (χ0) is 19.3. The number of anilines is 1. The number of carbonyl (C=O) groups excluding carboxylic acids is 1. The van der Waals surface area contributed by atoms with Gasteiger partial charge >= 0.3 is 0 Å². The molecule has 0 atom stereocenters. The van der Waals surface area contributed by atoms with Crippen molar-refractivity contribution in [3.63, 3.8) is 0 Å². The van der Waals surface area contributed by atoms with Gasteiger partial charge in [-0.05, 0) is 80.6 Å². The van der Waals surface area contributed by atoms with Crippen molar-refractivity contribution in [1.29, 1.82) is 0 Å². The molecule has 3 nitrogen and oxygen atoms in total. The second-order valence-corrected chi connectivity index (χ2v) is 8.96. The van der Waals surface area contributed by atoms with Crippen LogP contribution in [0.3, 0.4) is 0 Å². The number of halogens is 2. The second kappa shape index (κ2) is 6.85. The molecule has 1 amide bonds. The minimum atomic E-state index is -0.231. The van der Waals surface area contributed by atoms with E-state index in [9.17, 15) is 9.18 Å². The van der Waals surface area contributed by atoms with Crippen LogP contribution < -0.4 is 4.90 Å². The smallest absolute Gasteiger partial charge is 0.259 e. The van der Waals surface area contributed by atoms with Crippen LogP contribution in [-0.2, 0) is 5.41 Å². The van der Waals surface area contributed by atoms with Crippen molar-refractivity contribution < 1.29 is 9.18 Å². The molecule has 0 N–H and O–H groups in total. The van der Waals surface area contributed by atoms with Gasteiger partial charge in [0.15, 0.2) is 0 Å². The Hall–Kier alpha value is -1.91. The van der Waals surface area contributed by atoms with E-state index in [1.165, 1.54) is 25.5 Å². The van der Waals surface area contributed by atoms with E-state index in [2.05, 4.69) is 4.90 Å². The van der Waals surface area contributed by atoms with Crippen LogP contribution in [0.2, 0.25) is 5.02 Å². The van der Waals surface area contributed by atoms with Crippen molar-refractivity contribution in [2.75, 3.05) is 31.1 Å². The maximum Gasteiger partial charge on any atom is 0.259 e. The number of carbonyl (C=O) groups is 1. The number of amides is 1. The third kappa shape index (κ3) is 3.13. The van der Waals surface area contributed by atoms with Crippen LogP contribution in [0.1, 0.15) is 41.6 Å². The van der Waals surface area contributed by atoms with Crippen LogP contribution in [0.15, 0.2) is 42.5 Å². The van der Waals surface area contributed by atoms with Crippen LogP contribution in [-0.4, -0.2) is 37.0 Å². The molecule has 0 aromatic heterocycles. The largest absolute Gasteiger partial charge is 0.307 e. The van der Waals surface area contributed by atoms with Crippen molar-refractivity contribution >= 4 is 23.2 Å². The van der Waals surface area contributed by atoms with Gasteiger partial charge in [-0.15, -0.1) is 0 Å². The standard InChI is InChI=1S/C23H24ClFN2O/c24-20-4-2-1-3-18(20)22(28)27-15-23(19-13-17(25)7-8-21(19)27)9-11-26(12-10-23)14-16-5-6-16/h1-4,7-8,13,16H,5-6,9-12,14-15H2. The van der Waals surface area contributed by atoms with Crippen LogP contribution in [0, 0.1) is 11.7 Å². The van der Waals surface area contributed by atoms with Gasteiger partial charge in [-0.1, -0.05) is 23.7 Å². The second-order valence-electron chi connectivity index (χ2n) is 8.56. The number of hydrogen-bond donors (Lipinski definition) is 0. The van der Waals surface area contributed by atoms with Gasteiger partial charge in [0.25, 0.3) is 5.91 Å². The number of nitrogens with zero attached hydrogens (tertiary/aromatic N) is 2. The monoisotopic (exact) mass is 398 g/mol. The van der Waals surface area contributed by atoms with Crippen LogP contribution in [0.25, 0.3) is 0 Å². The third-order valence-corrected chi connectivity index (χ3v) is 6.99. The zero-order valence-corrected chi connectivity index (χ0v) is 16.6. The molecule has 5 heteroatoms. The van der Waals surface area contributed by atoms with E-state index in [0.29, 0.717) is 17.1 Å². The van der Waals surface area contributed by atoms with E-state index in [4.69, 9.17) is 11.6 Å². The van der Waals surface area contributed by atoms with E-state index in [1.807, 2.05) is 17.0 Å². The van der Waals surface area contributed by atoms with Crippen LogP contribution in [0.4, 0.5) is 10.1 Å². The summed E-state index contributed by atoms with van der Waals surface area (Å²) in [6, 6.07) is 12.0. The summed E-state index contributed by atoms with van der Waals surface area (Å²) in [6.45, 7) is 3.82. The van der Waals surface area contributed by atoms with Gasteiger partial charge in [-0.3, -0.25) is 4.79 Å². The minimum Gasteiger partial charge on any atom is -0.307 e. The summed E-state index contributed by atoms with van der Waals surface area (Å²) in [6.07, 6.45) is 4.64. The molecule has 1 aliphatic carbocycles. The summed E-state index contributed by atoms with van der Waals surface area (Å²) in [5.41, 5.74) is 2.16. The Kier molecular flexibility index (Phi) is 4.44. The molecule has 3 aliphatic rings. The van der Waals surface area contributed by atoms with Gasteiger partial charge in [-0.25, -0.2) is 4.39 Å². The van der Waals surface area contributed by atoms with Crippen molar-refractivity contribution in [2.24, 2.45) is 5.92 Å². The maximum atomic E-state index is 14.1. The average Bonchev–Trinajstić information content (AvgIpc) is 3.46. The molecule has 2 heterocycles. The molecular weight excluding hydrogens is 375 g/mol. The Balaban J connectivity index is 1.45. The molecule has 5 rings (SSSR count). The van der Waals surface area contributed by atoms with E-state index in [0.717, 1.165) is 43.1 Å². The van der Waals surface area contributed by atoms with Gasteiger partial charge in [0.1, 0.15) is 5.82 Å². The summed E-state index contributed by atoms with van der Waals surface area (Å²) in [4.78, 5) is 17.7. The highest BCUT2D eigenvalue weighted by molar-refractivity contribution is 6.34. The van der Waals surface area contributed by atoms with Gasteiger partial charge in [-0.2, -0.15) is 0 Å². The number of rotatable bonds is 3. The maximum absolute atomic E-state index is 14.1. The van der Waals surface area contributed by atoms with Crippen LogP contribution in [0.5, 0.6) is 0 Å². The summed E-state index contributed by atoms with van der Waals surface area (Å²) < 4.78 is 14.1. The topological polar surface area (TPSA) is 23.6 Å².